The van der Waals surface area contributed by atoms with E-state index < -0.39 is 25.9 Å². The van der Waals surface area contributed by atoms with Crippen LogP contribution >= 0.6 is 23.2 Å². The molecule has 1 heterocycles. The van der Waals surface area contributed by atoms with Crippen LogP contribution in [0.5, 0.6) is 0 Å². The van der Waals surface area contributed by atoms with Gasteiger partial charge in [-0.2, -0.15) is 4.31 Å². The summed E-state index contributed by atoms with van der Waals surface area (Å²) in [4.78, 5) is -0.0139. The highest BCUT2D eigenvalue weighted by Crippen LogP contribution is 2.29. The quantitative estimate of drug-likeness (QED) is 0.762. The Morgan fingerprint density at radius 1 is 1.22 bits per heavy atom. The van der Waals surface area contributed by atoms with Gasteiger partial charge in [0.25, 0.3) is 0 Å². The van der Waals surface area contributed by atoms with Crippen molar-refractivity contribution in [1.29, 1.82) is 0 Å². The van der Waals surface area contributed by atoms with Crippen LogP contribution in [0.4, 0.5) is 0 Å². The smallest absolute Gasteiger partial charge is 0.229 e. The van der Waals surface area contributed by atoms with Crippen molar-refractivity contribution in [1.82, 2.24) is 4.31 Å². The summed E-state index contributed by atoms with van der Waals surface area (Å²) < 4.78 is 50.7. The largest absolute Gasteiger partial charge is 0.243 e. The molecule has 9 heteroatoms. The summed E-state index contributed by atoms with van der Waals surface area (Å²) in [5, 5.41) is 0.444. The third-order valence-corrected chi connectivity index (χ3v) is 7.69. The van der Waals surface area contributed by atoms with Crippen molar-refractivity contribution in [3.63, 3.8) is 0 Å². The zero-order valence-corrected chi connectivity index (χ0v) is 16.0. The van der Waals surface area contributed by atoms with E-state index in [1.165, 1.54) is 22.5 Å². The number of rotatable bonds is 5. The zero-order valence-electron chi connectivity index (χ0n) is 12.9. The van der Waals surface area contributed by atoms with Gasteiger partial charge < -0.3 is 0 Å². The predicted octanol–water partition coefficient (Wildman–Crippen LogP) is 2.83. The van der Waals surface area contributed by atoms with E-state index in [0.29, 0.717) is 6.42 Å². The molecule has 130 valence electrons. The molecule has 1 unspecified atom stereocenters. The second-order valence-electron chi connectivity index (χ2n) is 6.13. The third-order valence-electron chi connectivity index (χ3n) is 3.60. The van der Waals surface area contributed by atoms with E-state index in [9.17, 15) is 16.8 Å². The zero-order chi connectivity index (χ0) is 17.4. The van der Waals surface area contributed by atoms with Crippen LogP contribution in [-0.2, 0) is 19.9 Å². The summed E-state index contributed by atoms with van der Waals surface area (Å²) in [6, 6.07) is 3.57. The second kappa shape index (κ2) is 6.88. The molecular formula is C14H19Cl2NO4S2. The standard InChI is InChI=1S/C14H19Cl2NO4S2/c1-10(2)8-17(13-3-4-22(18,19)9-13)23(20,21)14-6-11(15)5-12(16)7-14/h5-7,10,13H,3-4,8-9H2,1-2H3. The lowest BCUT2D eigenvalue weighted by atomic mass is 10.2. The van der Waals surface area contributed by atoms with E-state index in [4.69, 9.17) is 23.2 Å². The number of sulfone groups is 1. The second-order valence-corrected chi connectivity index (χ2v) is 11.1. The maximum atomic E-state index is 13.0. The molecule has 1 atom stereocenters. The third kappa shape index (κ3) is 4.60. The highest BCUT2D eigenvalue weighted by Gasteiger charge is 2.39. The van der Waals surface area contributed by atoms with Crippen LogP contribution in [0.25, 0.3) is 0 Å². The van der Waals surface area contributed by atoms with Crippen LogP contribution in [0.15, 0.2) is 23.1 Å². The molecule has 5 nitrogen and oxygen atoms in total. The van der Waals surface area contributed by atoms with Gasteiger partial charge in [0.2, 0.25) is 10.0 Å². The fraction of sp³-hybridized carbons (Fsp3) is 0.571. The predicted molar refractivity (Wildman–Crippen MR) is 92.3 cm³/mol. The van der Waals surface area contributed by atoms with Gasteiger partial charge in [-0.3, -0.25) is 0 Å². The first kappa shape index (κ1) is 19.0. The first-order valence-electron chi connectivity index (χ1n) is 7.19. The van der Waals surface area contributed by atoms with Gasteiger partial charge in [0.15, 0.2) is 9.84 Å². The summed E-state index contributed by atoms with van der Waals surface area (Å²) in [5.41, 5.74) is 0. The molecule has 1 aromatic rings. The van der Waals surface area contributed by atoms with E-state index in [1.807, 2.05) is 13.8 Å². The molecule has 0 radical (unpaired) electrons. The van der Waals surface area contributed by atoms with Crippen LogP contribution < -0.4 is 0 Å². The first-order valence-corrected chi connectivity index (χ1v) is 11.2. The Labute approximate surface area is 147 Å². The van der Waals surface area contributed by atoms with Gasteiger partial charge in [-0.05, 0) is 30.5 Å². The number of hydrogen-bond donors (Lipinski definition) is 0. The van der Waals surface area contributed by atoms with Gasteiger partial charge in [0.1, 0.15) is 0 Å². The molecule has 1 fully saturated rings. The summed E-state index contributed by atoms with van der Waals surface area (Å²) in [6.45, 7) is 4.01. The maximum absolute atomic E-state index is 13.0. The van der Waals surface area contributed by atoms with Gasteiger partial charge in [-0.25, -0.2) is 16.8 Å². The summed E-state index contributed by atoms with van der Waals surface area (Å²) in [6.07, 6.45) is 0.308. The molecule has 1 saturated heterocycles. The summed E-state index contributed by atoms with van der Waals surface area (Å²) in [5.74, 6) is -0.0755. The van der Waals surface area contributed by atoms with Crippen LogP contribution in [-0.4, -0.2) is 45.2 Å². The van der Waals surface area contributed by atoms with Gasteiger partial charge in [0, 0.05) is 22.6 Å². The van der Waals surface area contributed by atoms with Gasteiger partial charge in [-0.1, -0.05) is 37.0 Å². The molecular weight excluding hydrogens is 381 g/mol. The van der Waals surface area contributed by atoms with Crippen molar-refractivity contribution in [2.45, 2.75) is 31.2 Å². The minimum atomic E-state index is -3.87. The molecule has 0 aromatic heterocycles. The molecule has 0 bridgehead atoms. The van der Waals surface area contributed by atoms with Gasteiger partial charge in [-0.15, -0.1) is 0 Å². The number of halogens is 2. The van der Waals surface area contributed by atoms with Crippen molar-refractivity contribution in [3.8, 4) is 0 Å². The van der Waals surface area contributed by atoms with Crippen LogP contribution in [0.2, 0.25) is 10.0 Å². The molecule has 2 rings (SSSR count). The van der Waals surface area contributed by atoms with Crippen molar-refractivity contribution in [3.05, 3.63) is 28.2 Å². The first-order chi connectivity index (χ1) is 10.5. The molecule has 0 aliphatic carbocycles. The molecule has 23 heavy (non-hydrogen) atoms. The molecule has 1 aromatic carbocycles. The van der Waals surface area contributed by atoms with Crippen molar-refractivity contribution >= 4 is 43.1 Å². The molecule has 0 N–H and O–H groups in total. The highest BCUT2D eigenvalue weighted by atomic mass is 35.5. The highest BCUT2D eigenvalue weighted by molar-refractivity contribution is 7.92. The van der Waals surface area contributed by atoms with Gasteiger partial charge in [0.05, 0.1) is 16.4 Å². The van der Waals surface area contributed by atoms with E-state index >= 15 is 0 Å². The molecule has 0 spiro atoms. The minimum absolute atomic E-state index is 0.0120. The van der Waals surface area contributed by atoms with E-state index in [0.717, 1.165) is 0 Å². The van der Waals surface area contributed by atoms with E-state index in [1.54, 1.807) is 0 Å². The fourth-order valence-electron chi connectivity index (χ4n) is 2.62. The SMILES string of the molecule is CC(C)CN(C1CCS(=O)(=O)C1)S(=O)(=O)c1cc(Cl)cc(Cl)c1. The lowest BCUT2D eigenvalue weighted by molar-refractivity contribution is 0.308. The Balaban J connectivity index is 2.45. The number of nitrogens with zero attached hydrogens (tertiary/aromatic N) is 1. The summed E-state index contributed by atoms with van der Waals surface area (Å²) >= 11 is 11.8. The number of hydrogen-bond acceptors (Lipinski definition) is 4. The molecule has 1 aliphatic heterocycles. The van der Waals surface area contributed by atoms with E-state index in [2.05, 4.69) is 0 Å². The summed E-state index contributed by atoms with van der Waals surface area (Å²) in [7, 11) is -7.07. The van der Waals surface area contributed by atoms with Crippen LogP contribution in [0, 0.1) is 5.92 Å². The maximum Gasteiger partial charge on any atom is 0.243 e. The number of benzene rings is 1. The van der Waals surface area contributed by atoms with Crippen LogP contribution in [0.1, 0.15) is 20.3 Å². The van der Waals surface area contributed by atoms with Crippen molar-refractivity contribution in [2.75, 3.05) is 18.1 Å². The number of sulfonamides is 1. The Morgan fingerprint density at radius 3 is 2.22 bits per heavy atom. The topological polar surface area (TPSA) is 71.5 Å². The van der Waals surface area contributed by atoms with Crippen molar-refractivity contribution in [2.24, 2.45) is 5.92 Å². The van der Waals surface area contributed by atoms with Gasteiger partial charge >= 0.3 is 0 Å². The van der Waals surface area contributed by atoms with Crippen LogP contribution in [0.3, 0.4) is 0 Å². The lowest BCUT2D eigenvalue weighted by Gasteiger charge is -2.29. The Kier molecular flexibility index (Phi) is 5.68. The monoisotopic (exact) mass is 399 g/mol. The Morgan fingerprint density at radius 2 is 1.78 bits per heavy atom. The molecule has 0 amide bonds. The molecule has 1 aliphatic rings. The fourth-order valence-corrected chi connectivity index (χ4v) is 6.99. The lowest BCUT2D eigenvalue weighted by Crippen LogP contribution is -2.43. The van der Waals surface area contributed by atoms with E-state index in [-0.39, 0.29) is 38.9 Å². The minimum Gasteiger partial charge on any atom is -0.229 e. The normalized spacial score (nSPS) is 21.2. The Hall–Kier alpha value is -0.340. The van der Waals surface area contributed by atoms with Crippen molar-refractivity contribution < 1.29 is 16.8 Å². The average Bonchev–Trinajstić information content (AvgIpc) is 2.74. The average molecular weight is 400 g/mol. The molecule has 0 saturated carbocycles. The Bertz CT molecular complexity index is 771.